The summed E-state index contributed by atoms with van der Waals surface area (Å²) < 4.78 is 5.08. The van der Waals surface area contributed by atoms with Gasteiger partial charge in [-0.15, -0.1) is 0 Å². The molecule has 6 nitrogen and oxygen atoms in total. The number of phenols is 1. The van der Waals surface area contributed by atoms with E-state index in [9.17, 15) is 14.7 Å². The lowest BCUT2D eigenvalue weighted by molar-refractivity contribution is -0.136. The summed E-state index contributed by atoms with van der Waals surface area (Å²) in [5.41, 5.74) is 0.455. The number of phenolic OH excluding ortho intramolecular Hbond substituents is 1. The van der Waals surface area contributed by atoms with Gasteiger partial charge >= 0.3 is 11.8 Å². The highest BCUT2D eigenvalue weighted by Gasteiger charge is 2.15. The summed E-state index contributed by atoms with van der Waals surface area (Å²) in [5, 5.41) is 16.1. The Morgan fingerprint density at radius 1 is 0.957 bits per heavy atom. The molecule has 0 radical (unpaired) electrons. The Balaban J connectivity index is 1.72. The molecular weight excluding hydrogens is 296 g/mol. The van der Waals surface area contributed by atoms with E-state index < -0.39 is 11.8 Å². The maximum Gasteiger partial charge on any atom is 0.313 e. The van der Waals surface area contributed by atoms with Crippen molar-refractivity contribution >= 4 is 28.3 Å². The SMILES string of the molecule is O=C(NCc1ccco1)C(=O)Nc1cccc2c(O)cccc12. The first-order valence-electron chi connectivity index (χ1n) is 6.97. The fraction of sp³-hybridized carbons (Fsp3) is 0.0588. The molecule has 1 aromatic heterocycles. The lowest BCUT2D eigenvalue weighted by Crippen LogP contribution is -2.34. The van der Waals surface area contributed by atoms with Gasteiger partial charge in [-0.05, 0) is 24.3 Å². The number of hydrogen-bond acceptors (Lipinski definition) is 4. The van der Waals surface area contributed by atoms with Crippen LogP contribution in [0.4, 0.5) is 5.69 Å². The van der Waals surface area contributed by atoms with Crippen LogP contribution in [-0.2, 0) is 16.1 Å². The monoisotopic (exact) mass is 310 g/mol. The Bertz CT molecular complexity index is 856. The van der Waals surface area contributed by atoms with E-state index in [4.69, 9.17) is 4.42 Å². The van der Waals surface area contributed by atoms with Crippen molar-refractivity contribution in [1.82, 2.24) is 5.32 Å². The number of benzene rings is 2. The van der Waals surface area contributed by atoms with Gasteiger partial charge in [0.15, 0.2) is 0 Å². The molecule has 0 spiro atoms. The first kappa shape index (κ1) is 14.6. The van der Waals surface area contributed by atoms with Crippen molar-refractivity contribution in [2.75, 3.05) is 5.32 Å². The van der Waals surface area contributed by atoms with Crippen molar-refractivity contribution in [3.05, 3.63) is 60.6 Å². The minimum atomic E-state index is -0.785. The average molecular weight is 310 g/mol. The Morgan fingerprint density at radius 3 is 2.52 bits per heavy atom. The van der Waals surface area contributed by atoms with Gasteiger partial charge in [0.2, 0.25) is 0 Å². The molecule has 0 aliphatic carbocycles. The highest BCUT2D eigenvalue weighted by Crippen LogP contribution is 2.29. The molecule has 0 atom stereocenters. The topological polar surface area (TPSA) is 91.6 Å². The van der Waals surface area contributed by atoms with Crippen molar-refractivity contribution in [1.29, 1.82) is 0 Å². The van der Waals surface area contributed by atoms with E-state index in [-0.39, 0.29) is 12.3 Å². The standard InChI is InChI=1S/C17H14N2O4/c20-15-8-2-5-12-13(15)6-1-7-14(12)19-17(22)16(21)18-10-11-4-3-9-23-11/h1-9,20H,10H2,(H,18,21)(H,19,22). The zero-order valence-corrected chi connectivity index (χ0v) is 12.1. The molecule has 0 saturated carbocycles. The second kappa shape index (κ2) is 6.23. The van der Waals surface area contributed by atoms with E-state index in [2.05, 4.69) is 10.6 Å². The average Bonchev–Trinajstić information content (AvgIpc) is 3.07. The summed E-state index contributed by atoms with van der Waals surface area (Å²) in [6, 6.07) is 13.5. The Kier molecular flexibility index (Phi) is 3.97. The van der Waals surface area contributed by atoms with Crippen LogP contribution in [0, 0.1) is 0 Å². The molecule has 2 amide bonds. The van der Waals surface area contributed by atoms with Crippen molar-refractivity contribution in [2.45, 2.75) is 6.54 Å². The molecule has 0 fully saturated rings. The van der Waals surface area contributed by atoms with E-state index in [1.807, 2.05) is 0 Å². The molecule has 3 N–H and O–H groups in total. The van der Waals surface area contributed by atoms with Gasteiger partial charge in [-0.25, -0.2) is 0 Å². The van der Waals surface area contributed by atoms with Crippen LogP contribution >= 0.6 is 0 Å². The normalized spacial score (nSPS) is 10.4. The second-order valence-corrected chi connectivity index (χ2v) is 4.89. The Morgan fingerprint density at radius 2 is 1.74 bits per heavy atom. The fourth-order valence-corrected chi connectivity index (χ4v) is 2.24. The zero-order valence-electron chi connectivity index (χ0n) is 12.1. The highest BCUT2D eigenvalue weighted by atomic mass is 16.3. The molecule has 0 bridgehead atoms. The van der Waals surface area contributed by atoms with Gasteiger partial charge in [0.05, 0.1) is 12.8 Å². The van der Waals surface area contributed by atoms with Crippen molar-refractivity contribution in [2.24, 2.45) is 0 Å². The molecule has 0 aliphatic heterocycles. The number of fused-ring (bicyclic) bond motifs is 1. The van der Waals surface area contributed by atoms with Crippen LogP contribution in [0.25, 0.3) is 10.8 Å². The van der Waals surface area contributed by atoms with Gasteiger partial charge in [0.1, 0.15) is 11.5 Å². The lowest BCUT2D eigenvalue weighted by atomic mass is 10.1. The molecule has 0 aliphatic rings. The fourth-order valence-electron chi connectivity index (χ4n) is 2.24. The molecule has 6 heteroatoms. The maximum absolute atomic E-state index is 12.0. The van der Waals surface area contributed by atoms with Crippen LogP contribution in [0.1, 0.15) is 5.76 Å². The minimum absolute atomic E-state index is 0.112. The van der Waals surface area contributed by atoms with E-state index in [0.29, 0.717) is 22.2 Å². The number of furan rings is 1. The second-order valence-electron chi connectivity index (χ2n) is 4.89. The van der Waals surface area contributed by atoms with Gasteiger partial charge in [0, 0.05) is 16.5 Å². The van der Waals surface area contributed by atoms with Crippen LogP contribution in [0.3, 0.4) is 0 Å². The summed E-state index contributed by atoms with van der Waals surface area (Å²) in [5.74, 6) is -0.881. The third-order valence-electron chi connectivity index (χ3n) is 3.36. The number of anilines is 1. The Hall–Kier alpha value is -3.28. The number of carbonyl (C=O) groups excluding carboxylic acids is 2. The van der Waals surface area contributed by atoms with Crippen LogP contribution in [-0.4, -0.2) is 16.9 Å². The number of aromatic hydroxyl groups is 1. The van der Waals surface area contributed by atoms with Gasteiger partial charge < -0.3 is 20.2 Å². The van der Waals surface area contributed by atoms with Crippen molar-refractivity contribution in [3.8, 4) is 5.75 Å². The smallest absolute Gasteiger partial charge is 0.313 e. The largest absolute Gasteiger partial charge is 0.507 e. The maximum atomic E-state index is 12.0. The predicted molar refractivity (Wildman–Crippen MR) is 84.8 cm³/mol. The molecule has 116 valence electrons. The van der Waals surface area contributed by atoms with E-state index in [1.165, 1.54) is 6.26 Å². The number of rotatable bonds is 3. The summed E-state index contributed by atoms with van der Waals surface area (Å²) >= 11 is 0. The van der Waals surface area contributed by atoms with Crippen molar-refractivity contribution in [3.63, 3.8) is 0 Å². The number of amides is 2. The molecule has 0 saturated heterocycles. The van der Waals surface area contributed by atoms with E-state index >= 15 is 0 Å². The molecule has 23 heavy (non-hydrogen) atoms. The van der Waals surface area contributed by atoms with Gasteiger partial charge in [0.25, 0.3) is 0 Å². The third-order valence-corrected chi connectivity index (χ3v) is 3.36. The van der Waals surface area contributed by atoms with Crippen LogP contribution in [0.5, 0.6) is 5.75 Å². The predicted octanol–water partition coefficient (Wildman–Crippen LogP) is 2.39. The van der Waals surface area contributed by atoms with E-state index in [1.54, 1.807) is 48.5 Å². The third kappa shape index (κ3) is 3.16. The summed E-state index contributed by atoms with van der Waals surface area (Å²) in [4.78, 5) is 23.8. The first-order valence-corrected chi connectivity index (χ1v) is 6.97. The van der Waals surface area contributed by atoms with Crippen molar-refractivity contribution < 1.29 is 19.1 Å². The van der Waals surface area contributed by atoms with Gasteiger partial charge in [-0.1, -0.05) is 24.3 Å². The van der Waals surface area contributed by atoms with Gasteiger partial charge in [-0.3, -0.25) is 9.59 Å². The summed E-state index contributed by atoms with van der Waals surface area (Å²) in [7, 11) is 0. The highest BCUT2D eigenvalue weighted by molar-refractivity contribution is 6.40. The molecule has 3 rings (SSSR count). The molecule has 3 aromatic rings. The minimum Gasteiger partial charge on any atom is -0.507 e. The molecule has 2 aromatic carbocycles. The summed E-state index contributed by atoms with van der Waals surface area (Å²) in [6.45, 7) is 0.135. The number of hydrogen-bond donors (Lipinski definition) is 3. The quantitative estimate of drug-likeness (QED) is 0.648. The van der Waals surface area contributed by atoms with Gasteiger partial charge in [-0.2, -0.15) is 0 Å². The number of nitrogens with one attached hydrogen (secondary N) is 2. The zero-order chi connectivity index (χ0) is 16.2. The van der Waals surface area contributed by atoms with Crippen LogP contribution < -0.4 is 10.6 Å². The molecule has 1 heterocycles. The first-order chi connectivity index (χ1) is 11.1. The number of carbonyl (C=O) groups is 2. The lowest BCUT2D eigenvalue weighted by Gasteiger charge is -2.09. The van der Waals surface area contributed by atoms with E-state index in [0.717, 1.165) is 0 Å². The van der Waals surface area contributed by atoms with Crippen LogP contribution in [0.15, 0.2) is 59.2 Å². The summed E-state index contributed by atoms with van der Waals surface area (Å²) in [6.07, 6.45) is 1.49. The Labute approximate surface area is 131 Å². The molecule has 0 unspecified atom stereocenters. The molecular formula is C17H14N2O4. The van der Waals surface area contributed by atoms with Crippen LogP contribution in [0.2, 0.25) is 0 Å².